The number of aliphatic hydroxyl groups is 1. The van der Waals surface area contributed by atoms with Crippen molar-refractivity contribution < 1.29 is 5.11 Å². The van der Waals surface area contributed by atoms with Crippen LogP contribution in [0.25, 0.3) is 6.08 Å². The Morgan fingerprint density at radius 2 is 2.36 bits per heavy atom. The van der Waals surface area contributed by atoms with Crippen LogP contribution in [-0.2, 0) is 0 Å². The SMILES string of the molecule is OC/C=C/c1cccc(Br)n1. The van der Waals surface area contributed by atoms with E-state index < -0.39 is 0 Å². The zero-order chi connectivity index (χ0) is 8.10. The molecule has 1 aromatic heterocycles. The van der Waals surface area contributed by atoms with Gasteiger partial charge < -0.3 is 5.11 Å². The van der Waals surface area contributed by atoms with Crippen molar-refractivity contribution in [3.63, 3.8) is 0 Å². The minimum absolute atomic E-state index is 0.0498. The zero-order valence-corrected chi connectivity index (χ0v) is 7.45. The maximum Gasteiger partial charge on any atom is 0.106 e. The van der Waals surface area contributed by atoms with Crippen LogP contribution in [0.15, 0.2) is 28.9 Å². The Labute approximate surface area is 73.7 Å². The molecule has 11 heavy (non-hydrogen) atoms. The molecule has 1 aromatic rings. The Hall–Kier alpha value is -0.670. The lowest BCUT2D eigenvalue weighted by Gasteiger charge is -1.91. The molecule has 1 N–H and O–H groups in total. The van der Waals surface area contributed by atoms with Gasteiger partial charge in [0.1, 0.15) is 4.60 Å². The molecule has 0 aliphatic carbocycles. The third-order valence-electron chi connectivity index (χ3n) is 1.13. The Balaban J connectivity index is 2.79. The molecule has 0 amide bonds. The summed E-state index contributed by atoms with van der Waals surface area (Å²) in [5, 5.41) is 8.47. The molecule has 0 saturated heterocycles. The first-order valence-electron chi connectivity index (χ1n) is 3.23. The average molecular weight is 214 g/mol. The van der Waals surface area contributed by atoms with Crippen LogP contribution < -0.4 is 0 Å². The van der Waals surface area contributed by atoms with Gasteiger partial charge in [0, 0.05) is 0 Å². The van der Waals surface area contributed by atoms with Crippen molar-refractivity contribution in [1.29, 1.82) is 0 Å². The molecule has 0 aromatic carbocycles. The van der Waals surface area contributed by atoms with Gasteiger partial charge in [-0.1, -0.05) is 12.1 Å². The van der Waals surface area contributed by atoms with Gasteiger partial charge in [-0.2, -0.15) is 0 Å². The van der Waals surface area contributed by atoms with Crippen LogP contribution in [-0.4, -0.2) is 16.7 Å². The van der Waals surface area contributed by atoms with Gasteiger partial charge in [0.05, 0.1) is 12.3 Å². The van der Waals surface area contributed by atoms with Gasteiger partial charge in [0.2, 0.25) is 0 Å². The zero-order valence-electron chi connectivity index (χ0n) is 5.87. The molecule has 0 aliphatic heterocycles. The van der Waals surface area contributed by atoms with Crippen LogP contribution in [0.1, 0.15) is 5.69 Å². The Kier molecular flexibility index (Phi) is 3.26. The Bertz CT molecular complexity index is 260. The van der Waals surface area contributed by atoms with E-state index in [2.05, 4.69) is 20.9 Å². The fourth-order valence-corrected chi connectivity index (χ4v) is 1.05. The summed E-state index contributed by atoms with van der Waals surface area (Å²) in [5.41, 5.74) is 0.841. The summed E-state index contributed by atoms with van der Waals surface area (Å²) in [6.07, 6.45) is 3.42. The number of aromatic nitrogens is 1. The molecule has 0 fully saturated rings. The first-order valence-corrected chi connectivity index (χ1v) is 4.02. The standard InChI is InChI=1S/C8H8BrNO/c9-8-5-1-3-7(10-8)4-2-6-11/h1-5,11H,6H2/b4-2+. The Morgan fingerprint density at radius 3 is 3.00 bits per heavy atom. The molecule has 0 spiro atoms. The smallest absolute Gasteiger partial charge is 0.106 e. The van der Waals surface area contributed by atoms with Crippen molar-refractivity contribution in [2.75, 3.05) is 6.61 Å². The van der Waals surface area contributed by atoms with Crippen molar-refractivity contribution in [2.45, 2.75) is 0 Å². The van der Waals surface area contributed by atoms with Crippen LogP contribution in [0.2, 0.25) is 0 Å². The van der Waals surface area contributed by atoms with Gasteiger partial charge >= 0.3 is 0 Å². The summed E-state index contributed by atoms with van der Waals surface area (Å²) in [6.45, 7) is 0.0498. The van der Waals surface area contributed by atoms with Crippen molar-refractivity contribution in [3.8, 4) is 0 Å². The van der Waals surface area contributed by atoms with Crippen molar-refractivity contribution in [1.82, 2.24) is 4.98 Å². The molecule has 1 rings (SSSR count). The molecule has 0 unspecified atom stereocenters. The first-order chi connectivity index (χ1) is 5.33. The van der Waals surface area contributed by atoms with Crippen molar-refractivity contribution >= 4 is 22.0 Å². The number of halogens is 1. The molecule has 3 heteroatoms. The average Bonchev–Trinajstić information content (AvgIpc) is 2.01. The van der Waals surface area contributed by atoms with Gasteiger partial charge in [-0.15, -0.1) is 0 Å². The van der Waals surface area contributed by atoms with E-state index in [0.29, 0.717) is 0 Å². The second kappa shape index (κ2) is 4.26. The highest BCUT2D eigenvalue weighted by Gasteiger charge is 1.88. The van der Waals surface area contributed by atoms with E-state index in [1.54, 1.807) is 12.2 Å². The largest absolute Gasteiger partial charge is 0.392 e. The second-order valence-corrected chi connectivity index (χ2v) is 2.78. The Morgan fingerprint density at radius 1 is 1.55 bits per heavy atom. The first kappa shape index (κ1) is 8.43. The number of nitrogens with zero attached hydrogens (tertiary/aromatic N) is 1. The molecule has 0 radical (unpaired) electrons. The maximum absolute atomic E-state index is 8.47. The van der Waals surface area contributed by atoms with Crippen LogP contribution in [0.4, 0.5) is 0 Å². The lowest BCUT2D eigenvalue weighted by atomic mass is 10.3. The van der Waals surface area contributed by atoms with Gasteiger partial charge in [0.15, 0.2) is 0 Å². The number of hydrogen-bond donors (Lipinski definition) is 1. The molecule has 1 heterocycles. The van der Waals surface area contributed by atoms with Crippen LogP contribution >= 0.6 is 15.9 Å². The van der Waals surface area contributed by atoms with E-state index in [9.17, 15) is 0 Å². The fraction of sp³-hybridized carbons (Fsp3) is 0.125. The highest BCUT2D eigenvalue weighted by atomic mass is 79.9. The molecule has 58 valence electrons. The molecule has 0 saturated carbocycles. The van der Waals surface area contributed by atoms with E-state index in [1.807, 2.05) is 18.2 Å². The lowest BCUT2D eigenvalue weighted by Crippen LogP contribution is -1.80. The van der Waals surface area contributed by atoms with Crippen LogP contribution in [0, 0.1) is 0 Å². The second-order valence-electron chi connectivity index (χ2n) is 1.97. The van der Waals surface area contributed by atoms with Gasteiger partial charge in [-0.25, -0.2) is 4.98 Å². The summed E-state index contributed by atoms with van der Waals surface area (Å²) in [7, 11) is 0. The quantitative estimate of drug-likeness (QED) is 0.762. The normalized spacial score (nSPS) is 10.7. The molecule has 0 bridgehead atoms. The minimum Gasteiger partial charge on any atom is -0.392 e. The van der Waals surface area contributed by atoms with E-state index in [1.165, 1.54) is 0 Å². The lowest BCUT2D eigenvalue weighted by molar-refractivity contribution is 0.343. The monoisotopic (exact) mass is 213 g/mol. The van der Waals surface area contributed by atoms with Gasteiger partial charge in [-0.3, -0.25) is 0 Å². The molecule has 0 atom stereocenters. The van der Waals surface area contributed by atoms with E-state index >= 15 is 0 Å². The van der Waals surface area contributed by atoms with E-state index in [-0.39, 0.29) is 6.61 Å². The predicted octanol–water partition coefficient (Wildman–Crippen LogP) is 1.85. The topological polar surface area (TPSA) is 33.1 Å². The van der Waals surface area contributed by atoms with Gasteiger partial charge in [0.25, 0.3) is 0 Å². The predicted molar refractivity (Wildman–Crippen MR) is 48.1 cm³/mol. The van der Waals surface area contributed by atoms with Crippen molar-refractivity contribution in [2.24, 2.45) is 0 Å². The summed E-state index contributed by atoms with van der Waals surface area (Å²) < 4.78 is 0.803. The minimum atomic E-state index is 0.0498. The fourth-order valence-electron chi connectivity index (χ4n) is 0.690. The summed E-state index contributed by atoms with van der Waals surface area (Å²) in [5.74, 6) is 0. The number of aliphatic hydroxyl groups excluding tert-OH is 1. The molecular formula is C8H8BrNO. The number of hydrogen-bond acceptors (Lipinski definition) is 2. The van der Waals surface area contributed by atoms with Crippen molar-refractivity contribution in [3.05, 3.63) is 34.6 Å². The summed E-state index contributed by atoms with van der Waals surface area (Å²) in [6, 6.07) is 5.63. The van der Waals surface area contributed by atoms with Crippen LogP contribution in [0.5, 0.6) is 0 Å². The highest BCUT2D eigenvalue weighted by Crippen LogP contribution is 2.06. The molecule has 0 aliphatic rings. The third-order valence-corrected chi connectivity index (χ3v) is 1.57. The summed E-state index contributed by atoms with van der Waals surface area (Å²) >= 11 is 3.25. The maximum atomic E-state index is 8.47. The number of pyridine rings is 1. The molecular weight excluding hydrogens is 206 g/mol. The third kappa shape index (κ3) is 2.82. The summed E-state index contributed by atoms with van der Waals surface area (Å²) in [4.78, 5) is 4.13. The highest BCUT2D eigenvalue weighted by molar-refractivity contribution is 9.10. The number of rotatable bonds is 2. The van der Waals surface area contributed by atoms with Crippen LogP contribution in [0.3, 0.4) is 0 Å². The molecule has 2 nitrogen and oxygen atoms in total. The van der Waals surface area contributed by atoms with E-state index in [0.717, 1.165) is 10.3 Å². The van der Waals surface area contributed by atoms with Gasteiger partial charge in [-0.05, 0) is 34.1 Å². The van der Waals surface area contributed by atoms with E-state index in [4.69, 9.17) is 5.11 Å².